The number of benzene rings is 1. The third-order valence-corrected chi connectivity index (χ3v) is 1.60. The van der Waals surface area contributed by atoms with Crippen LogP contribution in [0.1, 0.15) is 0 Å². The molecule has 0 saturated carbocycles. The number of nitrogens with zero attached hydrogens (tertiary/aromatic N) is 2. The third-order valence-electron chi connectivity index (χ3n) is 1.60. The maximum absolute atomic E-state index is 3.92. The van der Waals surface area contributed by atoms with E-state index >= 15 is 0 Å². The zero-order chi connectivity index (χ0) is 8.23. The van der Waals surface area contributed by atoms with Gasteiger partial charge in [0.2, 0.25) is 0 Å². The summed E-state index contributed by atoms with van der Waals surface area (Å²) in [6, 6.07) is 9.96. The molecule has 0 amide bonds. The maximum Gasteiger partial charge on any atom is 0.116 e. The van der Waals surface area contributed by atoms with E-state index in [1.165, 1.54) is 6.33 Å². The Hall–Kier alpha value is -1.70. The van der Waals surface area contributed by atoms with Crippen molar-refractivity contribution in [3.63, 3.8) is 0 Å². The largest absolute Gasteiger partial charge is 0.244 e. The minimum absolute atomic E-state index is 0.929. The van der Waals surface area contributed by atoms with Crippen LogP contribution in [0.25, 0.3) is 11.1 Å². The fourth-order valence-corrected chi connectivity index (χ4v) is 1.03. The first-order chi connectivity index (χ1) is 5.97. The van der Waals surface area contributed by atoms with Gasteiger partial charge in [0, 0.05) is 11.8 Å². The van der Waals surface area contributed by atoms with Crippen molar-refractivity contribution < 1.29 is 0 Å². The van der Waals surface area contributed by atoms with Crippen molar-refractivity contribution in [2.24, 2.45) is 0 Å². The van der Waals surface area contributed by atoms with Crippen LogP contribution >= 0.6 is 0 Å². The standard InChI is InChI=1S/C10H7N2/c1-2-4-9(5-3-1)10-6-11-8-12-7-10/h1-6,8H. The average Bonchev–Trinajstić information content (AvgIpc) is 2.21. The van der Waals surface area contributed by atoms with Crippen molar-refractivity contribution in [2.75, 3.05) is 0 Å². The Morgan fingerprint density at radius 2 is 1.92 bits per heavy atom. The first-order valence-electron chi connectivity index (χ1n) is 3.70. The highest BCUT2D eigenvalue weighted by molar-refractivity contribution is 5.60. The predicted octanol–water partition coefficient (Wildman–Crippen LogP) is 1.94. The normalized spacial score (nSPS) is 9.67. The van der Waals surface area contributed by atoms with E-state index in [1.54, 1.807) is 6.20 Å². The molecular formula is C10H7N2. The van der Waals surface area contributed by atoms with Gasteiger partial charge in [-0.1, -0.05) is 30.3 Å². The molecule has 2 rings (SSSR count). The molecule has 0 spiro atoms. The zero-order valence-electron chi connectivity index (χ0n) is 6.44. The van der Waals surface area contributed by atoms with Crippen LogP contribution < -0.4 is 0 Å². The van der Waals surface area contributed by atoms with Crippen molar-refractivity contribution in [1.29, 1.82) is 0 Å². The van der Waals surface area contributed by atoms with Gasteiger partial charge in [-0.05, 0) is 5.56 Å². The van der Waals surface area contributed by atoms with E-state index in [2.05, 4.69) is 16.2 Å². The molecular weight excluding hydrogens is 148 g/mol. The second kappa shape index (κ2) is 3.13. The van der Waals surface area contributed by atoms with Gasteiger partial charge >= 0.3 is 0 Å². The Morgan fingerprint density at radius 3 is 2.58 bits per heavy atom. The molecule has 1 aromatic heterocycles. The van der Waals surface area contributed by atoms with Gasteiger partial charge in [0.15, 0.2) is 0 Å². The Morgan fingerprint density at radius 1 is 1.08 bits per heavy atom. The third kappa shape index (κ3) is 1.32. The summed E-state index contributed by atoms with van der Waals surface area (Å²) in [5.74, 6) is 0. The molecule has 0 fully saturated rings. The summed E-state index contributed by atoms with van der Waals surface area (Å²) < 4.78 is 0. The van der Waals surface area contributed by atoms with Crippen molar-refractivity contribution in [2.45, 2.75) is 0 Å². The number of hydrogen-bond donors (Lipinski definition) is 0. The topological polar surface area (TPSA) is 25.8 Å². The number of aromatic nitrogens is 2. The van der Waals surface area contributed by atoms with Crippen LogP contribution in [0.5, 0.6) is 0 Å². The van der Waals surface area contributed by atoms with Crippen LogP contribution in [0.4, 0.5) is 0 Å². The lowest BCUT2D eigenvalue weighted by Crippen LogP contribution is -1.81. The summed E-state index contributed by atoms with van der Waals surface area (Å²) in [6.07, 6.45) is 6.10. The van der Waals surface area contributed by atoms with Crippen LogP contribution in [0.3, 0.4) is 0 Å². The molecule has 0 aliphatic rings. The van der Waals surface area contributed by atoms with E-state index in [4.69, 9.17) is 0 Å². The summed E-state index contributed by atoms with van der Waals surface area (Å²) >= 11 is 0. The van der Waals surface area contributed by atoms with Gasteiger partial charge in [-0.2, -0.15) is 0 Å². The molecule has 2 aromatic rings. The fraction of sp³-hybridized carbons (Fsp3) is 0. The van der Waals surface area contributed by atoms with Crippen molar-refractivity contribution in [3.8, 4) is 11.1 Å². The Labute approximate surface area is 70.9 Å². The molecule has 1 radical (unpaired) electrons. The highest BCUT2D eigenvalue weighted by Gasteiger charge is 1.94. The molecule has 0 aliphatic heterocycles. The molecule has 0 unspecified atom stereocenters. The van der Waals surface area contributed by atoms with Gasteiger partial charge in [-0.3, -0.25) is 0 Å². The SMILES string of the molecule is [c]1ncncc1-c1ccccc1. The second-order valence-electron chi connectivity index (χ2n) is 2.41. The number of hydrogen-bond acceptors (Lipinski definition) is 2. The number of rotatable bonds is 1. The summed E-state index contributed by atoms with van der Waals surface area (Å²) in [6.45, 7) is 0. The quantitative estimate of drug-likeness (QED) is 0.629. The van der Waals surface area contributed by atoms with Crippen LogP contribution in [-0.4, -0.2) is 9.97 Å². The lowest BCUT2D eigenvalue weighted by atomic mass is 10.1. The minimum Gasteiger partial charge on any atom is -0.244 e. The molecule has 0 atom stereocenters. The van der Waals surface area contributed by atoms with E-state index in [0.717, 1.165) is 11.1 Å². The molecule has 1 heterocycles. The van der Waals surface area contributed by atoms with Gasteiger partial charge in [0.25, 0.3) is 0 Å². The van der Waals surface area contributed by atoms with E-state index in [-0.39, 0.29) is 0 Å². The van der Waals surface area contributed by atoms with Crippen LogP contribution in [0, 0.1) is 6.20 Å². The Balaban J connectivity index is 2.46. The lowest BCUT2D eigenvalue weighted by molar-refractivity contribution is 1.16. The van der Waals surface area contributed by atoms with Gasteiger partial charge < -0.3 is 0 Å². The monoisotopic (exact) mass is 155 g/mol. The van der Waals surface area contributed by atoms with Crippen molar-refractivity contribution >= 4 is 0 Å². The Bertz CT molecular complexity index is 305. The summed E-state index contributed by atoms with van der Waals surface area (Å²) in [4.78, 5) is 7.74. The van der Waals surface area contributed by atoms with E-state index in [9.17, 15) is 0 Å². The second-order valence-corrected chi connectivity index (χ2v) is 2.41. The first-order valence-corrected chi connectivity index (χ1v) is 3.70. The molecule has 0 aliphatic carbocycles. The van der Waals surface area contributed by atoms with Crippen LogP contribution in [-0.2, 0) is 0 Å². The van der Waals surface area contributed by atoms with E-state index in [1.807, 2.05) is 30.3 Å². The lowest BCUT2D eigenvalue weighted by Gasteiger charge is -1.96. The molecule has 2 heteroatoms. The molecule has 0 saturated heterocycles. The summed E-state index contributed by atoms with van der Waals surface area (Å²) in [5.41, 5.74) is 2.02. The highest BCUT2D eigenvalue weighted by atomic mass is 14.8. The van der Waals surface area contributed by atoms with E-state index in [0.29, 0.717) is 0 Å². The molecule has 12 heavy (non-hydrogen) atoms. The summed E-state index contributed by atoms with van der Waals surface area (Å²) in [7, 11) is 0. The van der Waals surface area contributed by atoms with Crippen LogP contribution in [0.15, 0.2) is 42.9 Å². The molecule has 2 nitrogen and oxygen atoms in total. The summed E-state index contributed by atoms with van der Waals surface area (Å²) in [5, 5.41) is 0. The predicted molar refractivity (Wildman–Crippen MR) is 46.3 cm³/mol. The molecule has 0 bridgehead atoms. The van der Waals surface area contributed by atoms with Gasteiger partial charge in [-0.25, -0.2) is 9.97 Å². The Kier molecular flexibility index (Phi) is 1.82. The average molecular weight is 155 g/mol. The molecule has 57 valence electrons. The fourth-order valence-electron chi connectivity index (χ4n) is 1.03. The van der Waals surface area contributed by atoms with Gasteiger partial charge in [-0.15, -0.1) is 0 Å². The minimum atomic E-state index is 0.929. The first kappa shape index (κ1) is 6.98. The van der Waals surface area contributed by atoms with Crippen molar-refractivity contribution in [3.05, 3.63) is 49.1 Å². The van der Waals surface area contributed by atoms with Crippen molar-refractivity contribution in [1.82, 2.24) is 9.97 Å². The highest BCUT2D eigenvalue weighted by Crippen LogP contribution is 2.14. The zero-order valence-corrected chi connectivity index (χ0v) is 6.44. The molecule has 1 aromatic carbocycles. The van der Waals surface area contributed by atoms with Gasteiger partial charge in [0.1, 0.15) is 12.5 Å². The van der Waals surface area contributed by atoms with Gasteiger partial charge in [0.05, 0.1) is 0 Å². The molecule has 0 N–H and O–H groups in total. The van der Waals surface area contributed by atoms with Crippen LogP contribution in [0.2, 0.25) is 0 Å². The smallest absolute Gasteiger partial charge is 0.116 e. The maximum atomic E-state index is 3.92. The van der Waals surface area contributed by atoms with E-state index < -0.39 is 0 Å².